The van der Waals surface area contributed by atoms with Crippen LogP contribution in [0.2, 0.25) is 0 Å². The van der Waals surface area contributed by atoms with Crippen molar-refractivity contribution in [3.05, 3.63) is 35.4 Å². The summed E-state index contributed by atoms with van der Waals surface area (Å²) in [5.74, 6) is 0. The summed E-state index contributed by atoms with van der Waals surface area (Å²) >= 11 is 0. The van der Waals surface area contributed by atoms with Crippen LogP contribution in [0.1, 0.15) is 31.4 Å². The van der Waals surface area contributed by atoms with Crippen molar-refractivity contribution in [2.75, 3.05) is 19.8 Å². The molecule has 1 fully saturated rings. The van der Waals surface area contributed by atoms with Crippen molar-refractivity contribution in [2.45, 2.75) is 32.3 Å². The summed E-state index contributed by atoms with van der Waals surface area (Å²) in [5, 5.41) is 10.9. The Morgan fingerprint density at radius 3 is 2.50 bits per heavy atom. The standard InChI is InChI=1S/C15H23NO2/c1-3-12-4-6-13(7-5-12)14(2,17)15(10-16)8-9-18-11-15/h4-7,17H,3,8-11,16H2,1-2H3. The fourth-order valence-corrected chi connectivity index (χ4v) is 2.72. The molecule has 0 aliphatic carbocycles. The molecular weight excluding hydrogens is 226 g/mol. The van der Waals surface area contributed by atoms with Gasteiger partial charge in [0.15, 0.2) is 0 Å². The van der Waals surface area contributed by atoms with Crippen molar-refractivity contribution in [1.29, 1.82) is 0 Å². The van der Waals surface area contributed by atoms with E-state index in [0.717, 1.165) is 18.4 Å². The van der Waals surface area contributed by atoms with Crippen LogP contribution in [0.25, 0.3) is 0 Å². The highest BCUT2D eigenvalue weighted by atomic mass is 16.5. The molecular formula is C15H23NO2. The van der Waals surface area contributed by atoms with E-state index in [9.17, 15) is 5.11 Å². The summed E-state index contributed by atoms with van der Waals surface area (Å²) in [4.78, 5) is 0. The van der Waals surface area contributed by atoms with Gasteiger partial charge >= 0.3 is 0 Å². The average Bonchev–Trinajstić information content (AvgIpc) is 2.89. The summed E-state index contributed by atoms with van der Waals surface area (Å²) in [5.41, 5.74) is 6.81. The van der Waals surface area contributed by atoms with E-state index in [1.807, 2.05) is 19.1 Å². The minimum absolute atomic E-state index is 0.360. The number of aryl methyl sites for hydroxylation is 1. The van der Waals surface area contributed by atoms with Crippen LogP contribution in [0.4, 0.5) is 0 Å². The number of ether oxygens (including phenoxy) is 1. The molecule has 0 saturated carbocycles. The zero-order chi connectivity index (χ0) is 13.2. The first-order chi connectivity index (χ1) is 8.55. The van der Waals surface area contributed by atoms with Crippen LogP contribution >= 0.6 is 0 Å². The lowest BCUT2D eigenvalue weighted by atomic mass is 9.68. The molecule has 100 valence electrons. The van der Waals surface area contributed by atoms with Crippen LogP contribution < -0.4 is 5.73 Å². The molecule has 0 radical (unpaired) electrons. The van der Waals surface area contributed by atoms with Crippen molar-refractivity contribution in [3.63, 3.8) is 0 Å². The monoisotopic (exact) mass is 249 g/mol. The van der Waals surface area contributed by atoms with Gasteiger partial charge in [-0.2, -0.15) is 0 Å². The minimum Gasteiger partial charge on any atom is -0.385 e. The van der Waals surface area contributed by atoms with Gasteiger partial charge in [0.1, 0.15) is 0 Å². The molecule has 0 aromatic heterocycles. The van der Waals surface area contributed by atoms with Gasteiger partial charge in [0.2, 0.25) is 0 Å². The predicted octanol–water partition coefficient (Wildman–Crippen LogP) is 1.82. The molecule has 3 N–H and O–H groups in total. The molecule has 0 bridgehead atoms. The summed E-state index contributed by atoms with van der Waals surface area (Å²) < 4.78 is 5.46. The molecule has 1 aromatic carbocycles. The number of rotatable bonds is 4. The lowest BCUT2D eigenvalue weighted by Crippen LogP contribution is -2.49. The molecule has 1 aliphatic heterocycles. The third-order valence-corrected chi connectivity index (χ3v) is 4.45. The molecule has 1 aliphatic rings. The number of benzene rings is 1. The molecule has 0 amide bonds. The van der Waals surface area contributed by atoms with E-state index in [1.165, 1.54) is 5.56 Å². The third kappa shape index (κ3) is 2.07. The van der Waals surface area contributed by atoms with Crippen molar-refractivity contribution < 1.29 is 9.84 Å². The van der Waals surface area contributed by atoms with E-state index in [2.05, 4.69) is 19.1 Å². The van der Waals surface area contributed by atoms with Gasteiger partial charge in [-0.15, -0.1) is 0 Å². The van der Waals surface area contributed by atoms with Crippen LogP contribution in [-0.4, -0.2) is 24.9 Å². The molecule has 1 heterocycles. The van der Waals surface area contributed by atoms with E-state index in [0.29, 0.717) is 19.8 Å². The largest absolute Gasteiger partial charge is 0.385 e. The molecule has 2 unspecified atom stereocenters. The zero-order valence-electron chi connectivity index (χ0n) is 11.3. The Morgan fingerprint density at radius 2 is 2.06 bits per heavy atom. The smallest absolute Gasteiger partial charge is 0.0959 e. The maximum atomic E-state index is 10.9. The number of nitrogens with two attached hydrogens (primary N) is 1. The van der Waals surface area contributed by atoms with Crippen LogP contribution in [0.5, 0.6) is 0 Å². The maximum absolute atomic E-state index is 10.9. The molecule has 3 nitrogen and oxygen atoms in total. The third-order valence-electron chi connectivity index (χ3n) is 4.45. The first kappa shape index (κ1) is 13.5. The highest BCUT2D eigenvalue weighted by molar-refractivity contribution is 5.29. The van der Waals surface area contributed by atoms with Gasteiger partial charge in [-0.25, -0.2) is 0 Å². The van der Waals surface area contributed by atoms with Gasteiger partial charge in [0.25, 0.3) is 0 Å². The first-order valence-electron chi connectivity index (χ1n) is 6.65. The van der Waals surface area contributed by atoms with Crippen molar-refractivity contribution in [3.8, 4) is 0 Å². The topological polar surface area (TPSA) is 55.5 Å². The van der Waals surface area contributed by atoms with Crippen LogP contribution in [-0.2, 0) is 16.8 Å². The number of hydrogen-bond acceptors (Lipinski definition) is 3. The highest BCUT2D eigenvalue weighted by Crippen LogP contribution is 2.45. The summed E-state index contributed by atoms with van der Waals surface area (Å²) in [6.45, 7) is 5.64. The van der Waals surface area contributed by atoms with Crippen molar-refractivity contribution in [1.82, 2.24) is 0 Å². The fourth-order valence-electron chi connectivity index (χ4n) is 2.72. The van der Waals surface area contributed by atoms with E-state index < -0.39 is 5.60 Å². The quantitative estimate of drug-likeness (QED) is 0.856. The summed E-state index contributed by atoms with van der Waals surface area (Å²) in [6.07, 6.45) is 1.82. The minimum atomic E-state index is -0.940. The normalized spacial score (nSPS) is 27.1. The first-order valence-corrected chi connectivity index (χ1v) is 6.65. The second kappa shape index (κ2) is 5.00. The van der Waals surface area contributed by atoms with Gasteiger partial charge in [-0.1, -0.05) is 31.2 Å². The van der Waals surface area contributed by atoms with E-state index >= 15 is 0 Å². The van der Waals surface area contributed by atoms with E-state index in [-0.39, 0.29) is 5.41 Å². The molecule has 3 heteroatoms. The zero-order valence-corrected chi connectivity index (χ0v) is 11.3. The van der Waals surface area contributed by atoms with Crippen LogP contribution in [0, 0.1) is 5.41 Å². The van der Waals surface area contributed by atoms with Crippen molar-refractivity contribution >= 4 is 0 Å². The Balaban J connectivity index is 2.33. The average molecular weight is 249 g/mol. The molecule has 18 heavy (non-hydrogen) atoms. The fraction of sp³-hybridized carbons (Fsp3) is 0.600. The van der Waals surface area contributed by atoms with Gasteiger partial charge in [-0.3, -0.25) is 0 Å². The van der Waals surface area contributed by atoms with E-state index in [1.54, 1.807) is 0 Å². The van der Waals surface area contributed by atoms with Gasteiger partial charge < -0.3 is 15.6 Å². The number of aliphatic hydroxyl groups is 1. The lowest BCUT2D eigenvalue weighted by molar-refractivity contribution is -0.0747. The Bertz CT molecular complexity index is 391. The summed E-state index contributed by atoms with van der Waals surface area (Å²) in [6, 6.07) is 8.16. The molecule has 1 saturated heterocycles. The Kier molecular flexibility index (Phi) is 3.76. The van der Waals surface area contributed by atoms with Gasteiger partial charge in [0, 0.05) is 18.6 Å². The Labute approximate surface area is 109 Å². The molecule has 2 atom stereocenters. The highest BCUT2D eigenvalue weighted by Gasteiger charge is 2.49. The lowest BCUT2D eigenvalue weighted by Gasteiger charge is -2.41. The Morgan fingerprint density at radius 1 is 1.39 bits per heavy atom. The molecule has 1 aromatic rings. The second-order valence-corrected chi connectivity index (χ2v) is 5.41. The van der Waals surface area contributed by atoms with Crippen LogP contribution in [0.15, 0.2) is 24.3 Å². The van der Waals surface area contributed by atoms with Gasteiger partial charge in [0.05, 0.1) is 12.2 Å². The second-order valence-electron chi connectivity index (χ2n) is 5.41. The maximum Gasteiger partial charge on any atom is 0.0959 e. The number of hydrogen-bond donors (Lipinski definition) is 2. The predicted molar refractivity (Wildman–Crippen MR) is 72.3 cm³/mol. The van der Waals surface area contributed by atoms with Crippen LogP contribution in [0.3, 0.4) is 0 Å². The van der Waals surface area contributed by atoms with Gasteiger partial charge in [-0.05, 0) is 30.9 Å². The summed E-state index contributed by atoms with van der Waals surface area (Å²) in [7, 11) is 0. The molecule has 2 rings (SSSR count). The van der Waals surface area contributed by atoms with Crippen molar-refractivity contribution in [2.24, 2.45) is 11.1 Å². The Hall–Kier alpha value is -0.900. The SMILES string of the molecule is CCc1ccc(C(C)(O)C2(CN)CCOC2)cc1. The van der Waals surface area contributed by atoms with E-state index in [4.69, 9.17) is 10.5 Å². The molecule has 0 spiro atoms.